The molecule has 0 aliphatic heterocycles. The first-order chi connectivity index (χ1) is 12.0. The number of para-hydroxylation sites is 2. The van der Waals surface area contributed by atoms with E-state index in [2.05, 4.69) is 51.2 Å². The standard InChI is InChI=1S/C22H31NO2/c1-17(2)12-13-24-20-9-7-8-19(14-20)15-23-21-10-5-6-11-22(21)25-16-18(3)4/h5-11,14,17-18,23H,12-13,15-16H2,1-4H3. The Kier molecular flexibility index (Phi) is 7.65. The molecule has 0 heterocycles. The number of hydrogen-bond acceptors (Lipinski definition) is 3. The van der Waals surface area contributed by atoms with Crippen LogP contribution >= 0.6 is 0 Å². The van der Waals surface area contributed by atoms with Gasteiger partial charge >= 0.3 is 0 Å². The van der Waals surface area contributed by atoms with Gasteiger partial charge in [-0.25, -0.2) is 0 Å². The lowest BCUT2D eigenvalue weighted by Gasteiger charge is -2.15. The van der Waals surface area contributed by atoms with E-state index < -0.39 is 0 Å². The second kappa shape index (κ2) is 9.97. The summed E-state index contributed by atoms with van der Waals surface area (Å²) in [6.07, 6.45) is 1.07. The van der Waals surface area contributed by atoms with Crippen molar-refractivity contribution in [3.8, 4) is 11.5 Å². The minimum absolute atomic E-state index is 0.507. The van der Waals surface area contributed by atoms with E-state index in [1.165, 1.54) is 5.56 Å². The molecular weight excluding hydrogens is 310 g/mol. The summed E-state index contributed by atoms with van der Waals surface area (Å²) in [7, 11) is 0. The zero-order chi connectivity index (χ0) is 18.1. The molecule has 136 valence electrons. The molecule has 0 saturated carbocycles. The zero-order valence-electron chi connectivity index (χ0n) is 15.9. The molecule has 0 radical (unpaired) electrons. The van der Waals surface area contributed by atoms with Gasteiger partial charge in [0.25, 0.3) is 0 Å². The van der Waals surface area contributed by atoms with Gasteiger partial charge in [-0.1, -0.05) is 52.0 Å². The maximum atomic E-state index is 5.90. The van der Waals surface area contributed by atoms with Crippen molar-refractivity contribution in [1.82, 2.24) is 0 Å². The summed E-state index contributed by atoms with van der Waals surface area (Å²) in [5.74, 6) is 3.00. The average Bonchev–Trinajstić information content (AvgIpc) is 2.59. The summed E-state index contributed by atoms with van der Waals surface area (Å²) >= 11 is 0. The van der Waals surface area contributed by atoms with Gasteiger partial charge in [-0.05, 0) is 48.1 Å². The topological polar surface area (TPSA) is 30.5 Å². The first-order valence-corrected chi connectivity index (χ1v) is 9.22. The third-order valence-corrected chi connectivity index (χ3v) is 3.80. The normalized spacial score (nSPS) is 11.0. The van der Waals surface area contributed by atoms with Crippen LogP contribution in [0.5, 0.6) is 11.5 Å². The summed E-state index contributed by atoms with van der Waals surface area (Å²) in [5, 5.41) is 3.47. The van der Waals surface area contributed by atoms with Crippen molar-refractivity contribution in [3.05, 3.63) is 54.1 Å². The molecule has 1 N–H and O–H groups in total. The third kappa shape index (κ3) is 7.08. The summed E-state index contributed by atoms with van der Waals surface area (Å²) in [4.78, 5) is 0. The molecule has 0 unspecified atom stereocenters. The van der Waals surface area contributed by atoms with Crippen LogP contribution in [0.25, 0.3) is 0 Å². The largest absolute Gasteiger partial charge is 0.494 e. The number of anilines is 1. The van der Waals surface area contributed by atoms with E-state index in [0.717, 1.165) is 43.4 Å². The number of ether oxygens (including phenoxy) is 2. The van der Waals surface area contributed by atoms with Gasteiger partial charge in [0.15, 0.2) is 0 Å². The van der Waals surface area contributed by atoms with Gasteiger partial charge in [-0.3, -0.25) is 0 Å². The van der Waals surface area contributed by atoms with Crippen LogP contribution in [0.3, 0.4) is 0 Å². The SMILES string of the molecule is CC(C)CCOc1cccc(CNc2ccccc2OCC(C)C)c1. The van der Waals surface area contributed by atoms with Crippen molar-refractivity contribution in [2.24, 2.45) is 11.8 Å². The molecule has 0 fully saturated rings. The molecule has 0 aliphatic rings. The van der Waals surface area contributed by atoms with Crippen LogP contribution in [-0.4, -0.2) is 13.2 Å². The van der Waals surface area contributed by atoms with Gasteiger partial charge in [0, 0.05) is 6.54 Å². The highest BCUT2D eigenvalue weighted by Gasteiger charge is 2.05. The molecule has 0 aliphatic carbocycles. The second-order valence-corrected chi connectivity index (χ2v) is 7.23. The molecule has 0 atom stereocenters. The molecule has 0 amide bonds. The van der Waals surface area contributed by atoms with Crippen molar-refractivity contribution in [3.63, 3.8) is 0 Å². The van der Waals surface area contributed by atoms with E-state index in [0.29, 0.717) is 11.8 Å². The molecule has 0 spiro atoms. The summed E-state index contributed by atoms with van der Waals surface area (Å²) in [6, 6.07) is 16.4. The summed E-state index contributed by atoms with van der Waals surface area (Å²) in [5.41, 5.74) is 2.22. The minimum atomic E-state index is 0.507. The number of hydrogen-bond donors (Lipinski definition) is 1. The van der Waals surface area contributed by atoms with Crippen molar-refractivity contribution in [1.29, 1.82) is 0 Å². The Hall–Kier alpha value is -2.16. The number of benzene rings is 2. The Morgan fingerprint density at radius 1 is 0.880 bits per heavy atom. The fourth-order valence-electron chi connectivity index (χ4n) is 2.35. The van der Waals surface area contributed by atoms with Crippen LogP contribution in [0, 0.1) is 11.8 Å². The summed E-state index contributed by atoms with van der Waals surface area (Å²) < 4.78 is 11.7. The maximum absolute atomic E-state index is 5.90. The molecule has 3 nitrogen and oxygen atoms in total. The molecule has 2 rings (SSSR count). The first kappa shape index (κ1) is 19.2. The first-order valence-electron chi connectivity index (χ1n) is 9.22. The van der Waals surface area contributed by atoms with E-state index in [4.69, 9.17) is 9.47 Å². The third-order valence-electron chi connectivity index (χ3n) is 3.80. The fraction of sp³-hybridized carbons (Fsp3) is 0.455. The molecule has 2 aromatic rings. The Balaban J connectivity index is 1.93. The van der Waals surface area contributed by atoms with Crippen molar-refractivity contribution in [2.75, 3.05) is 18.5 Å². The fourth-order valence-corrected chi connectivity index (χ4v) is 2.35. The predicted octanol–water partition coefficient (Wildman–Crippen LogP) is 5.76. The Morgan fingerprint density at radius 3 is 2.44 bits per heavy atom. The molecule has 3 heteroatoms. The van der Waals surface area contributed by atoms with Gasteiger partial charge in [0.1, 0.15) is 11.5 Å². The van der Waals surface area contributed by atoms with Gasteiger partial charge in [0.05, 0.1) is 18.9 Å². The quantitative estimate of drug-likeness (QED) is 0.596. The lowest BCUT2D eigenvalue weighted by Crippen LogP contribution is -2.07. The van der Waals surface area contributed by atoms with Crippen LogP contribution in [0.1, 0.15) is 39.7 Å². The zero-order valence-corrected chi connectivity index (χ0v) is 15.9. The van der Waals surface area contributed by atoms with Crippen LogP contribution in [0.15, 0.2) is 48.5 Å². The molecule has 2 aromatic carbocycles. The van der Waals surface area contributed by atoms with E-state index in [-0.39, 0.29) is 0 Å². The monoisotopic (exact) mass is 341 g/mol. The van der Waals surface area contributed by atoms with Crippen LogP contribution < -0.4 is 14.8 Å². The highest BCUT2D eigenvalue weighted by Crippen LogP contribution is 2.25. The lowest BCUT2D eigenvalue weighted by atomic mass is 10.1. The molecule has 0 bridgehead atoms. The van der Waals surface area contributed by atoms with E-state index in [1.807, 2.05) is 30.3 Å². The second-order valence-electron chi connectivity index (χ2n) is 7.23. The van der Waals surface area contributed by atoms with Crippen LogP contribution in [0.4, 0.5) is 5.69 Å². The molecule has 0 aromatic heterocycles. The smallest absolute Gasteiger partial charge is 0.142 e. The van der Waals surface area contributed by atoms with Gasteiger partial charge in [-0.15, -0.1) is 0 Å². The Labute approximate surface area is 152 Å². The van der Waals surface area contributed by atoms with E-state index >= 15 is 0 Å². The van der Waals surface area contributed by atoms with E-state index in [1.54, 1.807) is 0 Å². The van der Waals surface area contributed by atoms with Crippen molar-refractivity contribution < 1.29 is 9.47 Å². The predicted molar refractivity (Wildman–Crippen MR) is 105 cm³/mol. The molecular formula is C22H31NO2. The van der Waals surface area contributed by atoms with Crippen LogP contribution in [-0.2, 0) is 6.54 Å². The average molecular weight is 341 g/mol. The van der Waals surface area contributed by atoms with E-state index in [9.17, 15) is 0 Å². The highest BCUT2D eigenvalue weighted by molar-refractivity contribution is 5.56. The number of nitrogens with one attached hydrogen (secondary N) is 1. The molecule has 25 heavy (non-hydrogen) atoms. The van der Waals surface area contributed by atoms with Crippen molar-refractivity contribution in [2.45, 2.75) is 40.7 Å². The molecule has 0 saturated heterocycles. The Bertz CT molecular complexity index is 637. The van der Waals surface area contributed by atoms with Gasteiger partial charge < -0.3 is 14.8 Å². The Morgan fingerprint density at radius 2 is 1.68 bits per heavy atom. The van der Waals surface area contributed by atoms with Crippen LogP contribution in [0.2, 0.25) is 0 Å². The van der Waals surface area contributed by atoms with Gasteiger partial charge in [-0.2, -0.15) is 0 Å². The van der Waals surface area contributed by atoms with Crippen molar-refractivity contribution >= 4 is 5.69 Å². The number of rotatable bonds is 10. The lowest BCUT2D eigenvalue weighted by molar-refractivity contribution is 0.272. The van der Waals surface area contributed by atoms with Gasteiger partial charge in [0.2, 0.25) is 0 Å². The minimum Gasteiger partial charge on any atom is -0.494 e. The highest BCUT2D eigenvalue weighted by atomic mass is 16.5. The maximum Gasteiger partial charge on any atom is 0.142 e. The summed E-state index contributed by atoms with van der Waals surface area (Å²) in [6.45, 7) is 11.0.